The Morgan fingerprint density at radius 1 is 1.35 bits per heavy atom. The number of aromatic nitrogens is 4. The van der Waals surface area contributed by atoms with E-state index in [1.165, 1.54) is 0 Å². The van der Waals surface area contributed by atoms with Crippen LogP contribution in [0, 0.1) is 0 Å². The normalized spacial score (nSPS) is 11.3. The summed E-state index contributed by atoms with van der Waals surface area (Å²) in [4.78, 5) is 13.1. The van der Waals surface area contributed by atoms with Gasteiger partial charge in [-0.2, -0.15) is 0 Å². The molecule has 3 aromatic rings. The number of fused-ring (bicyclic) bond motifs is 1. The average Bonchev–Trinajstić information content (AvgIpc) is 3.03. The third-order valence-electron chi connectivity index (χ3n) is 2.99. The molecule has 0 unspecified atom stereocenters. The van der Waals surface area contributed by atoms with Crippen molar-refractivity contribution in [1.82, 2.24) is 19.5 Å². The largest absolute Gasteiger partial charge is 0.444 e. The van der Waals surface area contributed by atoms with Crippen LogP contribution in [0.4, 0.5) is 0 Å². The number of pyridine rings is 1. The van der Waals surface area contributed by atoms with Crippen molar-refractivity contribution in [2.24, 2.45) is 0 Å². The van der Waals surface area contributed by atoms with Crippen molar-refractivity contribution >= 4 is 38.7 Å². The van der Waals surface area contributed by atoms with Gasteiger partial charge in [-0.25, -0.2) is 15.0 Å². The summed E-state index contributed by atoms with van der Waals surface area (Å²) in [7, 11) is 0. The van der Waals surface area contributed by atoms with Gasteiger partial charge in [-0.05, 0) is 22.0 Å². The van der Waals surface area contributed by atoms with E-state index in [4.69, 9.17) is 16.0 Å². The summed E-state index contributed by atoms with van der Waals surface area (Å²) in [5, 5.41) is 0. The standard InChI is InChI=1S/C13H12BrClN4O/c1-2-9-6-16-12(20-9)7-19-11(4-15)18-10-3-8(14)5-17-13(10)19/h3,5-6H,2,4,7H2,1H3. The van der Waals surface area contributed by atoms with Gasteiger partial charge >= 0.3 is 0 Å². The maximum Gasteiger partial charge on any atom is 0.214 e. The quantitative estimate of drug-likeness (QED) is 0.672. The fraction of sp³-hybridized carbons (Fsp3) is 0.308. The van der Waals surface area contributed by atoms with Gasteiger partial charge < -0.3 is 8.98 Å². The predicted molar refractivity (Wildman–Crippen MR) is 79.8 cm³/mol. The molecule has 0 amide bonds. The second-order valence-electron chi connectivity index (χ2n) is 4.32. The number of hydrogen-bond donors (Lipinski definition) is 0. The first-order chi connectivity index (χ1) is 9.71. The van der Waals surface area contributed by atoms with E-state index in [1.807, 2.05) is 17.6 Å². The molecular weight excluding hydrogens is 344 g/mol. The van der Waals surface area contributed by atoms with E-state index < -0.39 is 0 Å². The van der Waals surface area contributed by atoms with E-state index in [-0.39, 0.29) is 0 Å². The fourth-order valence-corrected chi connectivity index (χ4v) is 2.54. The van der Waals surface area contributed by atoms with Crippen LogP contribution in [0.1, 0.15) is 24.4 Å². The van der Waals surface area contributed by atoms with Gasteiger partial charge in [0.05, 0.1) is 12.1 Å². The van der Waals surface area contributed by atoms with Crippen molar-refractivity contribution in [1.29, 1.82) is 0 Å². The molecule has 104 valence electrons. The zero-order valence-electron chi connectivity index (χ0n) is 10.8. The number of nitrogens with zero attached hydrogens (tertiary/aromatic N) is 4. The fourth-order valence-electron chi connectivity index (χ4n) is 2.02. The van der Waals surface area contributed by atoms with Crippen LogP contribution in [0.3, 0.4) is 0 Å². The summed E-state index contributed by atoms with van der Waals surface area (Å²) < 4.78 is 8.46. The Balaban J connectivity index is 2.04. The summed E-state index contributed by atoms with van der Waals surface area (Å²) >= 11 is 9.36. The SMILES string of the molecule is CCc1cnc(Cn2c(CCl)nc3cc(Br)cnc32)o1. The lowest BCUT2D eigenvalue weighted by atomic mass is 10.4. The smallest absolute Gasteiger partial charge is 0.214 e. The van der Waals surface area contributed by atoms with E-state index in [9.17, 15) is 0 Å². The third-order valence-corrected chi connectivity index (χ3v) is 3.67. The van der Waals surface area contributed by atoms with Gasteiger partial charge in [0.1, 0.15) is 23.6 Å². The first-order valence-corrected chi connectivity index (χ1v) is 7.54. The van der Waals surface area contributed by atoms with Gasteiger partial charge in [0.15, 0.2) is 5.65 Å². The lowest BCUT2D eigenvalue weighted by Crippen LogP contribution is -2.04. The first kappa shape index (κ1) is 13.6. The van der Waals surface area contributed by atoms with E-state index in [2.05, 4.69) is 30.9 Å². The molecule has 5 nitrogen and oxygen atoms in total. The molecule has 3 heterocycles. The molecule has 0 saturated heterocycles. The van der Waals surface area contributed by atoms with Crippen LogP contribution in [0.15, 0.2) is 27.3 Å². The molecule has 0 aliphatic rings. The molecule has 0 radical (unpaired) electrons. The third kappa shape index (κ3) is 2.45. The van der Waals surface area contributed by atoms with Gasteiger partial charge in [-0.1, -0.05) is 6.92 Å². The summed E-state index contributed by atoms with van der Waals surface area (Å²) in [6, 6.07) is 1.92. The predicted octanol–water partition coefficient (Wildman–Crippen LogP) is 3.53. The Hall–Kier alpha value is -1.40. The highest BCUT2D eigenvalue weighted by Crippen LogP contribution is 2.20. The Morgan fingerprint density at radius 3 is 2.90 bits per heavy atom. The number of imidazole rings is 1. The van der Waals surface area contributed by atoms with E-state index in [0.29, 0.717) is 18.3 Å². The highest BCUT2D eigenvalue weighted by Gasteiger charge is 2.14. The van der Waals surface area contributed by atoms with Crippen LogP contribution >= 0.6 is 27.5 Å². The second-order valence-corrected chi connectivity index (χ2v) is 5.50. The molecule has 0 aliphatic carbocycles. The van der Waals surface area contributed by atoms with Crippen molar-refractivity contribution in [2.75, 3.05) is 0 Å². The zero-order valence-corrected chi connectivity index (χ0v) is 13.1. The molecular formula is C13H12BrClN4O. The number of halogens is 2. The molecule has 7 heteroatoms. The van der Waals surface area contributed by atoms with Crippen LogP contribution in [-0.2, 0) is 18.8 Å². The van der Waals surface area contributed by atoms with E-state index in [1.54, 1.807) is 12.4 Å². The number of oxazole rings is 1. The van der Waals surface area contributed by atoms with Gasteiger partial charge in [0.25, 0.3) is 0 Å². The molecule has 0 aromatic carbocycles. The maximum atomic E-state index is 5.97. The lowest BCUT2D eigenvalue weighted by molar-refractivity contribution is 0.446. The van der Waals surface area contributed by atoms with E-state index >= 15 is 0 Å². The summed E-state index contributed by atoms with van der Waals surface area (Å²) in [5.41, 5.74) is 1.58. The Kier molecular flexibility index (Phi) is 3.76. The lowest BCUT2D eigenvalue weighted by Gasteiger charge is -2.03. The van der Waals surface area contributed by atoms with Crippen molar-refractivity contribution in [3.8, 4) is 0 Å². The van der Waals surface area contributed by atoms with Crippen LogP contribution in [0.25, 0.3) is 11.2 Å². The Morgan fingerprint density at radius 2 is 2.20 bits per heavy atom. The van der Waals surface area contributed by atoms with Crippen LogP contribution in [0.2, 0.25) is 0 Å². The highest BCUT2D eigenvalue weighted by atomic mass is 79.9. The van der Waals surface area contributed by atoms with E-state index in [0.717, 1.165) is 33.6 Å². The number of rotatable bonds is 4. The van der Waals surface area contributed by atoms with Gasteiger partial charge in [-0.15, -0.1) is 11.6 Å². The Bertz CT molecular complexity index is 752. The van der Waals surface area contributed by atoms with Gasteiger partial charge in [0, 0.05) is 17.1 Å². The zero-order chi connectivity index (χ0) is 14.1. The average molecular weight is 356 g/mol. The molecule has 20 heavy (non-hydrogen) atoms. The molecule has 0 bridgehead atoms. The topological polar surface area (TPSA) is 56.7 Å². The molecule has 3 aromatic heterocycles. The number of alkyl halides is 1. The summed E-state index contributed by atoms with van der Waals surface area (Å²) in [5.74, 6) is 2.57. The van der Waals surface area contributed by atoms with Crippen LogP contribution < -0.4 is 0 Å². The van der Waals surface area contributed by atoms with Crippen molar-refractivity contribution in [3.05, 3.63) is 40.4 Å². The molecule has 0 spiro atoms. The maximum absolute atomic E-state index is 5.97. The van der Waals surface area contributed by atoms with Gasteiger partial charge in [-0.3, -0.25) is 0 Å². The molecule has 0 atom stereocenters. The highest BCUT2D eigenvalue weighted by molar-refractivity contribution is 9.10. The van der Waals surface area contributed by atoms with Crippen molar-refractivity contribution < 1.29 is 4.42 Å². The minimum Gasteiger partial charge on any atom is -0.444 e. The summed E-state index contributed by atoms with van der Waals surface area (Å²) in [6.45, 7) is 2.51. The number of aryl methyl sites for hydroxylation is 1. The molecule has 3 rings (SSSR count). The minimum atomic E-state index is 0.315. The number of hydrogen-bond acceptors (Lipinski definition) is 4. The monoisotopic (exact) mass is 354 g/mol. The molecule has 0 aliphatic heterocycles. The van der Waals surface area contributed by atoms with Gasteiger partial charge in [0.2, 0.25) is 5.89 Å². The first-order valence-electron chi connectivity index (χ1n) is 6.21. The van der Waals surface area contributed by atoms with Crippen LogP contribution in [-0.4, -0.2) is 19.5 Å². The minimum absolute atomic E-state index is 0.315. The van der Waals surface area contributed by atoms with Crippen LogP contribution in [0.5, 0.6) is 0 Å². The second kappa shape index (κ2) is 5.54. The molecule has 0 fully saturated rings. The molecule has 0 saturated carbocycles. The van der Waals surface area contributed by atoms with Crippen molar-refractivity contribution in [3.63, 3.8) is 0 Å². The molecule has 0 N–H and O–H groups in total. The Labute approximate surface area is 129 Å². The summed E-state index contributed by atoms with van der Waals surface area (Å²) in [6.07, 6.45) is 4.32. The van der Waals surface area contributed by atoms with Crippen molar-refractivity contribution in [2.45, 2.75) is 25.8 Å².